The van der Waals surface area contributed by atoms with Gasteiger partial charge >= 0.3 is 0 Å². The third kappa shape index (κ3) is 1.19. The average Bonchev–Trinajstić information content (AvgIpc) is 2.31. The van der Waals surface area contributed by atoms with Crippen molar-refractivity contribution in [2.24, 2.45) is 4.99 Å². The van der Waals surface area contributed by atoms with Gasteiger partial charge in [-0.2, -0.15) is 0 Å². The SMILES string of the molecule is CC1=NCc2sc(C)c(Br)c2N1. The number of thiophene rings is 1. The summed E-state index contributed by atoms with van der Waals surface area (Å²) < 4.78 is 1.19. The Balaban J connectivity index is 2.49. The second-order valence-corrected chi connectivity index (χ2v) is 4.90. The van der Waals surface area contributed by atoms with E-state index in [0.717, 1.165) is 12.4 Å². The van der Waals surface area contributed by atoms with Gasteiger partial charge in [-0.15, -0.1) is 11.3 Å². The lowest BCUT2D eigenvalue weighted by molar-refractivity contribution is 1.07. The Kier molecular flexibility index (Phi) is 1.96. The van der Waals surface area contributed by atoms with Crippen molar-refractivity contribution >= 4 is 38.8 Å². The molecular weight excluding hydrogens is 236 g/mol. The second-order valence-electron chi connectivity index (χ2n) is 2.80. The van der Waals surface area contributed by atoms with Crippen molar-refractivity contribution in [2.75, 3.05) is 5.32 Å². The predicted octanol–water partition coefficient (Wildman–Crippen LogP) is 3.16. The maximum atomic E-state index is 4.32. The number of hydrogen-bond acceptors (Lipinski definition) is 3. The summed E-state index contributed by atoms with van der Waals surface area (Å²) in [6.07, 6.45) is 0. The molecule has 0 bridgehead atoms. The molecule has 4 heteroatoms. The molecule has 0 saturated carbocycles. The van der Waals surface area contributed by atoms with E-state index in [1.165, 1.54) is 19.9 Å². The van der Waals surface area contributed by atoms with E-state index in [1.807, 2.05) is 6.92 Å². The van der Waals surface area contributed by atoms with Crippen LogP contribution >= 0.6 is 27.3 Å². The van der Waals surface area contributed by atoms with E-state index in [4.69, 9.17) is 0 Å². The summed E-state index contributed by atoms with van der Waals surface area (Å²) in [5.74, 6) is 1.00. The minimum absolute atomic E-state index is 0.825. The Labute approximate surface area is 83.8 Å². The van der Waals surface area contributed by atoms with Crippen molar-refractivity contribution in [2.45, 2.75) is 20.4 Å². The fourth-order valence-corrected chi connectivity index (χ4v) is 2.88. The van der Waals surface area contributed by atoms with Crippen LogP contribution in [0.25, 0.3) is 0 Å². The van der Waals surface area contributed by atoms with E-state index in [1.54, 1.807) is 11.3 Å². The maximum absolute atomic E-state index is 4.32. The van der Waals surface area contributed by atoms with Crippen LogP contribution in [-0.4, -0.2) is 5.84 Å². The summed E-state index contributed by atoms with van der Waals surface area (Å²) in [5.41, 5.74) is 1.21. The average molecular weight is 245 g/mol. The van der Waals surface area contributed by atoms with E-state index in [2.05, 4.69) is 33.2 Å². The summed E-state index contributed by atoms with van der Waals surface area (Å²) in [6.45, 7) is 4.93. The van der Waals surface area contributed by atoms with Gasteiger partial charge in [-0.25, -0.2) is 0 Å². The number of rotatable bonds is 0. The highest BCUT2D eigenvalue weighted by molar-refractivity contribution is 9.10. The van der Waals surface area contributed by atoms with Crippen LogP contribution in [0.15, 0.2) is 9.47 Å². The molecule has 0 aliphatic carbocycles. The predicted molar refractivity (Wildman–Crippen MR) is 57.2 cm³/mol. The lowest BCUT2D eigenvalue weighted by Gasteiger charge is -2.11. The minimum Gasteiger partial charge on any atom is -0.342 e. The van der Waals surface area contributed by atoms with E-state index in [0.29, 0.717) is 0 Å². The molecule has 1 aromatic heterocycles. The number of nitrogens with one attached hydrogen (secondary N) is 1. The van der Waals surface area contributed by atoms with Gasteiger partial charge in [0.05, 0.1) is 27.4 Å². The molecule has 0 amide bonds. The third-order valence-corrected chi connectivity index (χ3v) is 4.19. The quantitative estimate of drug-likeness (QED) is 0.745. The van der Waals surface area contributed by atoms with Gasteiger partial charge in [0.2, 0.25) is 0 Å². The molecule has 2 heterocycles. The van der Waals surface area contributed by atoms with Crippen molar-refractivity contribution in [3.8, 4) is 0 Å². The van der Waals surface area contributed by atoms with Gasteiger partial charge in [0.1, 0.15) is 0 Å². The fourth-order valence-electron chi connectivity index (χ4n) is 1.23. The Morgan fingerprint density at radius 3 is 3.00 bits per heavy atom. The first-order chi connectivity index (χ1) is 5.68. The van der Waals surface area contributed by atoms with Crippen molar-refractivity contribution in [1.82, 2.24) is 0 Å². The van der Waals surface area contributed by atoms with Crippen LogP contribution in [-0.2, 0) is 6.54 Å². The highest BCUT2D eigenvalue weighted by Crippen LogP contribution is 2.39. The third-order valence-electron chi connectivity index (χ3n) is 1.85. The monoisotopic (exact) mass is 244 g/mol. The van der Waals surface area contributed by atoms with E-state index >= 15 is 0 Å². The summed E-state index contributed by atoms with van der Waals surface area (Å²) in [5, 5.41) is 3.26. The van der Waals surface area contributed by atoms with Crippen LogP contribution < -0.4 is 5.32 Å². The van der Waals surface area contributed by atoms with Crippen LogP contribution in [0, 0.1) is 6.92 Å². The van der Waals surface area contributed by atoms with Gasteiger partial charge in [-0.3, -0.25) is 4.99 Å². The number of halogens is 1. The highest BCUT2D eigenvalue weighted by Gasteiger charge is 2.16. The van der Waals surface area contributed by atoms with Gasteiger partial charge in [0.25, 0.3) is 0 Å². The standard InChI is InChI=1S/C8H9BrN2S/c1-4-7(9)8-6(12-4)3-10-5(2)11-8/h3H2,1-2H3,(H,10,11). The van der Waals surface area contributed by atoms with Crippen molar-refractivity contribution < 1.29 is 0 Å². The molecule has 0 aromatic carbocycles. The van der Waals surface area contributed by atoms with Gasteiger partial charge in [0.15, 0.2) is 0 Å². The smallest absolute Gasteiger partial charge is 0.0980 e. The molecule has 0 unspecified atom stereocenters. The highest BCUT2D eigenvalue weighted by atomic mass is 79.9. The van der Waals surface area contributed by atoms with Crippen molar-refractivity contribution in [3.05, 3.63) is 14.2 Å². The molecule has 0 spiro atoms. The zero-order valence-corrected chi connectivity index (χ0v) is 9.34. The first-order valence-electron chi connectivity index (χ1n) is 3.74. The van der Waals surface area contributed by atoms with Gasteiger partial charge in [0, 0.05) is 4.88 Å². The molecule has 0 fully saturated rings. The van der Waals surface area contributed by atoms with Crippen LogP contribution in [0.3, 0.4) is 0 Å². The zero-order valence-electron chi connectivity index (χ0n) is 6.94. The Bertz CT molecular complexity index is 354. The number of anilines is 1. The van der Waals surface area contributed by atoms with Crippen LogP contribution in [0.2, 0.25) is 0 Å². The van der Waals surface area contributed by atoms with Crippen LogP contribution in [0.1, 0.15) is 16.7 Å². The minimum atomic E-state index is 0.825. The largest absolute Gasteiger partial charge is 0.342 e. The molecule has 2 nitrogen and oxygen atoms in total. The Morgan fingerprint density at radius 2 is 2.25 bits per heavy atom. The molecule has 1 N–H and O–H groups in total. The normalized spacial score (nSPS) is 15.1. The van der Waals surface area contributed by atoms with Gasteiger partial charge < -0.3 is 5.32 Å². The summed E-state index contributed by atoms with van der Waals surface area (Å²) in [6, 6.07) is 0. The fraction of sp³-hybridized carbons (Fsp3) is 0.375. The maximum Gasteiger partial charge on any atom is 0.0980 e. The second kappa shape index (κ2) is 2.85. The topological polar surface area (TPSA) is 24.4 Å². The van der Waals surface area contributed by atoms with Gasteiger partial charge in [-0.05, 0) is 29.8 Å². The lowest BCUT2D eigenvalue weighted by Crippen LogP contribution is -2.12. The summed E-state index contributed by atoms with van der Waals surface area (Å²) in [4.78, 5) is 6.96. The molecule has 0 radical (unpaired) electrons. The summed E-state index contributed by atoms with van der Waals surface area (Å²) >= 11 is 5.36. The molecule has 0 atom stereocenters. The molecule has 1 aromatic rings. The Morgan fingerprint density at radius 1 is 1.50 bits per heavy atom. The molecule has 12 heavy (non-hydrogen) atoms. The lowest BCUT2D eigenvalue weighted by atomic mass is 10.3. The number of aliphatic imine (C=N–C) groups is 1. The van der Waals surface area contributed by atoms with E-state index in [9.17, 15) is 0 Å². The molecule has 64 valence electrons. The molecular formula is C8H9BrN2S. The Hall–Kier alpha value is -0.350. The number of amidine groups is 1. The molecule has 2 rings (SSSR count). The number of hydrogen-bond donors (Lipinski definition) is 1. The number of fused-ring (bicyclic) bond motifs is 1. The first kappa shape index (κ1) is 8.26. The van der Waals surface area contributed by atoms with Crippen LogP contribution in [0.4, 0.5) is 5.69 Å². The van der Waals surface area contributed by atoms with Crippen LogP contribution in [0.5, 0.6) is 0 Å². The van der Waals surface area contributed by atoms with Crippen molar-refractivity contribution in [3.63, 3.8) is 0 Å². The molecule has 1 aliphatic rings. The van der Waals surface area contributed by atoms with Crippen molar-refractivity contribution in [1.29, 1.82) is 0 Å². The number of nitrogens with zero attached hydrogens (tertiary/aromatic N) is 1. The van der Waals surface area contributed by atoms with E-state index in [-0.39, 0.29) is 0 Å². The number of aryl methyl sites for hydroxylation is 1. The summed E-state index contributed by atoms with van der Waals surface area (Å²) in [7, 11) is 0. The molecule has 1 aliphatic heterocycles. The zero-order chi connectivity index (χ0) is 8.72. The molecule has 0 saturated heterocycles. The van der Waals surface area contributed by atoms with E-state index < -0.39 is 0 Å². The first-order valence-corrected chi connectivity index (χ1v) is 5.35. The van der Waals surface area contributed by atoms with Gasteiger partial charge in [-0.1, -0.05) is 0 Å².